The van der Waals surface area contributed by atoms with E-state index in [0.717, 1.165) is 0 Å². The van der Waals surface area contributed by atoms with Crippen molar-refractivity contribution < 1.29 is 24.2 Å². The highest BCUT2D eigenvalue weighted by atomic mass is 35.5. The summed E-state index contributed by atoms with van der Waals surface area (Å²) in [6, 6.07) is 2.58. The van der Waals surface area contributed by atoms with Gasteiger partial charge in [0.1, 0.15) is 5.75 Å². The molecular weight excluding hydrogens is 383 g/mol. The Morgan fingerprint density at radius 2 is 2.04 bits per heavy atom. The maximum absolute atomic E-state index is 11.8. The second-order valence-corrected chi connectivity index (χ2v) is 7.58. The lowest BCUT2D eigenvalue weighted by Crippen LogP contribution is -2.40. The normalized spacial score (nSPS) is 20.3. The number of halogens is 2. The molecule has 0 saturated carbocycles. The van der Waals surface area contributed by atoms with E-state index in [-0.39, 0.29) is 29.3 Å². The minimum Gasteiger partial charge on any atom is -0.467 e. The smallest absolute Gasteiger partial charge is 0.407 e. The molecule has 0 bridgehead atoms. The summed E-state index contributed by atoms with van der Waals surface area (Å²) in [7, 11) is 1.47. The van der Waals surface area contributed by atoms with E-state index in [1.54, 1.807) is 26.0 Å². The van der Waals surface area contributed by atoms with Crippen molar-refractivity contribution in [3.8, 4) is 5.75 Å². The van der Waals surface area contributed by atoms with Crippen molar-refractivity contribution in [2.75, 3.05) is 20.4 Å². The first-order valence-corrected chi connectivity index (χ1v) is 8.75. The van der Waals surface area contributed by atoms with Gasteiger partial charge >= 0.3 is 6.09 Å². The highest BCUT2D eigenvalue weighted by Crippen LogP contribution is 2.49. The number of carbonyl (C=O) groups is 2. The Hall–Kier alpha value is -1.70. The Morgan fingerprint density at radius 1 is 1.38 bits per heavy atom. The molecule has 0 radical (unpaired) electrons. The van der Waals surface area contributed by atoms with E-state index in [2.05, 4.69) is 0 Å². The summed E-state index contributed by atoms with van der Waals surface area (Å²) in [5, 5.41) is 10.2. The van der Waals surface area contributed by atoms with Gasteiger partial charge in [0, 0.05) is 24.6 Å². The quantitative estimate of drug-likeness (QED) is 0.705. The maximum Gasteiger partial charge on any atom is 0.407 e. The van der Waals surface area contributed by atoms with Crippen LogP contribution in [0.15, 0.2) is 12.1 Å². The molecule has 0 spiro atoms. The summed E-state index contributed by atoms with van der Waals surface area (Å²) < 4.78 is 10.5. The molecule has 1 aromatic rings. The van der Waals surface area contributed by atoms with Crippen molar-refractivity contribution in [1.29, 1.82) is 0 Å². The summed E-state index contributed by atoms with van der Waals surface area (Å²) in [5.74, 6) is -0.372. The van der Waals surface area contributed by atoms with Crippen LogP contribution in [0.1, 0.15) is 31.9 Å². The number of rotatable bonds is 6. The zero-order valence-corrected chi connectivity index (χ0v) is 16.3. The minimum absolute atomic E-state index is 0.0268. The topological polar surface area (TPSA) is 102 Å². The molecular formula is C17H22Cl2N2O5. The minimum atomic E-state index is -1.12. The van der Waals surface area contributed by atoms with E-state index in [4.69, 9.17) is 38.4 Å². The van der Waals surface area contributed by atoms with Crippen LogP contribution in [-0.2, 0) is 9.53 Å². The Kier molecular flexibility index (Phi) is 6.26. The van der Waals surface area contributed by atoms with Gasteiger partial charge in [-0.1, -0.05) is 37.0 Å². The average molecular weight is 405 g/mol. The highest BCUT2D eigenvalue weighted by molar-refractivity contribution is 6.42. The summed E-state index contributed by atoms with van der Waals surface area (Å²) in [5.41, 5.74) is 5.10. The van der Waals surface area contributed by atoms with Crippen molar-refractivity contribution in [1.82, 2.24) is 4.90 Å². The number of carboxylic acid groups (broad SMARTS) is 1. The lowest BCUT2D eigenvalue weighted by Gasteiger charge is -2.27. The lowest BCUT2D eigenvalue weighted by molar-refractivity contribution is -0.128. The van der Waals surface area contributed by atoms with Crippen LogP contribution in [0.4, 0.5) is 4.79 Å². The second kappa shape index (κ2) is 7.90. The van der Waals surface area contributed by atoms with Gasteiger partial charge in [-0.3, -0.25) is 4.79 Å². The number of carbonyl (C=O) groups excluding carboxylic acids is 1. The van der Waals surface area contributed by atoms with E-state index in [1.807, 2.05) is 0 Å². The van der Waals surface area contributed by atoms with Crippen molar-refractivity contribution in [2.24, 2.45) is 17.1 Å². The van der Waals surface area contributed by atoms with Gasteiger partial charge in [-0.15, -0.1) is 0 Å². The van der Waals surface area contributed by atoms with Crippen molar-refractivity contribution in [3.63, 3.8) is 0 Å². The third kappa shape index (κ3) is 3.84. The molecule has 2 amide bonds. The molecule has 144 valence electrons. The van der Waals surface area contributed by atoms with Crippen LogP contribution in [0, 0.1) is 11.3 Å². The number of ether oxygens (including phenoxy) is 2. The number of primary amides is 1. The van der Waals surface area contributed by atoms with Gasteiger partial charge in [0.2, 0.25) is 5.91 Å². The van der Waals surface area contributed by atoms with Gasteiger partial charge < -0.3 is 25.2 Å². The Bertz CT molecular complexity index is 711. The molecule has 1 aliphatic heterocycles. The van der Waals surface area contributed by atoms with Gasteiger partial charge in [-0.25, -0.2) is 4.79 Å². The van der Waals surface area contributed by atoms with E-state index in [1.165, 1.54) is 12.0 Å². The SMILES string of the molecule is COCOc1ccc(Cl)c(Cl)c1C1CC(C(C)(C)C(N)=O)CN1C(=O)O. The van der Waals surface area contributed by atoms with Crippen LogP contribution in [0.3, 0.4) is 0 Å². The molecule has 2 atom stereocenters. The standard InChI is InChI=1S/C17H22Cl2N2O5/c1-17(2,15(20)22)9-6-11(21(7-9)16(23)24)13-12(26-8-25-3)5-4-10(18)14(13)19/h4-5,9,11H,6-8H2,1-3H3,(H2,20,22)(H,23,24). The molecule has 1 aliphatic rings. The molecule has 26 heavy (non-hydrogen) atoms. The van der Waals surface area contributed by atoms with E-state index >= 15 is 0 Å². The van der Waals surface area contributed by atoms with Crippen LogP contribution in [-0.4, -0.2) is 42.5 Å². The predicted octanol–water partition coefficient (Wildman–Crippen LogP) is 3.53. The molecule has 2 rings (SSSR count). The fraction of sp³-hybridized carbons (Fsp3) is 0.529. The first-order chi connectivity index (χ1) is 12.1. The van der Waals surface area contributed by atoms with Crippen LogP contribution in [0.5, 0.6) is 5.75 Å². The highest BCUT2D eigenvalue weighted by Gasteiger charge is 2.47. The van der Waals surface area contributed by atoms with Crippen molar-refractivity contribution in [3.05, 3.63) is 27.7 Å². The van der Waals surface area contributed by atoms with E-state index in [0.29, 0.717) is 17.7 Å². The average Bonchev–Trinajstić information content (AvgIpc) is 3.01. The van der Waals surface area contributed by atoms with Crippen LogP contribution in [0.2, 0.25) is 10.0 Å². The Morgan fingerprint density at radius 3 is 2.58 bits per heavy atom. The maximum atomic E-state index is 11.8. The number of amides is 2. The summed E-state index contributed by atoms with van der Waals surface area (Å²) in [4.78, 5) is 24.9. The molecule has 3 N–H and O–H groups in total. The predicted molar refractivity (Wildman–Crippen MR) is 97.5 cm³/mol. The molecule has 0 aromatic heterocycles. The first-order valence-electron chi connectivity index (χ1n) is 8.00. The molecule has 1 heterocycles. The van der Waals surface area contributed by atoms with Gasteiger partial charge in [-0.05, 0) is 24.5 Å². The number of methoxy groups -OCH3 is 1. The van der Waals surface area contributed by atoms with Crippen molar-refractivity contribution in [2.45, 2.75) is 26.3 Å². The number of hydrogen-bond donors (Lipinski definition) is 2. The number of hydrogen-bond acceptors (Lipinski definition) is 4. The molecule has 1 saturated heterocycles. The summed E-state index contributed by atoms with van der Waals surface area (Å²) in [6.45, 7) is 3.55. The van der Waals surface area contributed by atoms with E-state index in [9.17, 15) is 14.7 Å². The summed E-state index contributed by atoms with van der Waals surface area (Å²) >= 11 is 12.5. The van der Waals surface area contributed by atoms with Gasteiger partial charge in [0.05, 0.1) is 16.1 Å². The van der Waals surface area contributed by atoms with Gasteiger partial charge in [-0.2, -0.15) is 0 Å². The number of nitrogens with two attached hydrogens (primary N) is 1. The molecule has 1 fully saturated rings. The first kappa shape index (κ1) is 20.6. The number of benzene rings is 1. The molecule has 2 unspecified atom stereocenters. The largest absolute Gasteiger partial charge is 0.467 e. The van der Waals surface area contributed by atoms with Crippen LogP contribution in [0.25, 0.3) is 0 Å². The molecule has 0 aliphatic carbocycles. The van der Waals surface area contributed by atoms with Gasteiger partial charge in [0.15, 0.2) is 6.79 Å². The fourth-order valence-electron chi connectivity index (χ4n) is 3.15. The third-order valence-electron chi connectivity index (χ3n) is 4.96. The third-order valence-corrected chi connectivity index (χ3v) is 5.78. The second-order valence-electron chi connectivity index (χ2n) is 6.79. The lowest BCUT2D eigenvalue weighted by atomic mass is 9.76. The zero-order valence-electron chi connectivity index (χ0n) is 14.8. The molecule has 1 aromatic carbocycles. The number of likely N-dealkylation sites (tertiary alicyclic amines) is 1. The van der Waals surface area contributed by atoms with E-state index < -0.39 is 23.5 Å². The monoisotopic (exact) mass is 404 g/mol. The Balaban J connectivity index is 2.49. The van der Waals surface area contributed by atoms with Crippen molar-refractivity contribution >= 4 is 35.2 Å². The summed E-state index contributed by atoms with van der Waals surface area (Å²) in [6.07, 6.45) is -0.752. The van der Waals surface area contributed by atoms with Gasteiger partial charge in [0.25, 0.3) is 0 Å². The molecule has 7 nitrogen and oxygen atoms in total. The number of nitrogens with zero attached hydrogens (tertiary/aromatic N) is 1. The fourth-order valence-corrected chi connectivity index (χ4v) is 3.60. The zero-order chi connectivity index (χ0) is 19.6. The van der Waals surface area contributed by atoms with Crippen LogP contribution < -0.4 is 10.5 Å². The van der Waals surface area contributed by atoms with Crippen LogP contribution >= 0.6 is 23.2 Å². The Labute approximate surface area is 161 Å². The molecule has 9 heteroatoms.